The third kappa shape index (κ3) is 4.20. The molecule has 0 aliphatic carbocycles. The van der Waals surface area contributed by atoms with E-state index in [4.69, 9.17) is 9.84 Å². The van der Waals surface area contributed by atoms with Crippen molar-refractivity contribution in [3.63, 3.8) is 0 Å². The summed E-state index contributed by atoms with van der Waals surface area (Å²) in [5.74, 6) is -1.64. The Labute approximate surface area is 116 Å². The predicted molar refractivity (Wildman–Crippen MR) is 71.9 cm³/mol. The van der Waals surface area contributed by atoms with Gasteiger partial charge in [0.05, 0.1) is 0 Å². The first-order valence-corrected chi connectivity index (χ1v) is 6.16. The second-order valence-electron chi connectivity index (χ2n) is 4.28. The normalized spacial score (nSPS) is 10.3. The number of pyridine rings is 1. The lowest BCUT2D eigenvalue weighted by Gasteiger charge is -2.11. The summed E-state index contributed by atoms with van der Waals surface area (Å²) in [4.78, 5) is 34.5. The monoisotopic (exact) mass is 282 g/mol. The maximum Gasteiger partial charge on any atom is 0.341 e. The van der Waals surface area contributed by atoms with Gasteiger partial charge in [0, 0.05) is 26.0 Å². The summed E-state index contributed by atoms with van der Waals surface area (Å²) in [6.07, 6.45) is 0.672. The molecule has 2 N–H and O–H groups in total. The third-order valence-electron chi connectivity index (χ3n) is 2.77. The van der Waals surface area contributed by atoms with Crippen LogP contribution >= 0.6 is 0 Å². The summed E-state index contributed by atoms with van der Waals surface area (Å²) in [6, 6.07) is 2.75. The van der Waals surface area contributed by atoms with Crippen molar-refractivity contribution in [3.05, 3.63) is 33.7 Å². The molecule has 0 unspecified atom stereocenters. The molecule has 0 bridgehead atoms. The van der Waals surface area contributed by atoms with Gasteiger partial charge < -0.3 is 19.7 Å². The number of nitrogens with zero attached hydrogens (tertiary/aromatic N) is 1. The molecule has 1 aromatic rings. The molecule has 1 rings (SSSR count). The van der Waals surface area contributed by atoms with Crippen molar-refractivity contribution in [1.82, 2.24) is 9.88 Å². The molecule has 0 spiro atoms. The highest BCUT2D eigenvalue weighted by molar-refractivity contribution is 5.87. The van der Waals surface area contributed by atoms with E-state index in [-0.39, 0.29) is 18.0 Å². The Bertz CT molecular complexity index is 550. The van der Waals surface area contributed by atoms with Crippen LogP contribution in [0.1, 0.15) is 22.5 Å². The number of carboxylic acid groups (broad SMARTS) is 1. The van der Waals surface area contributed by atoms with Gasteiger partial charge in [0.2, 0.25) is 5.91 Å². The molecule has 0 radical (unpaired) electrons. The SMILES string of the molecule is COCCCNC(=O)Cn1c(C)ccc(C(=O)O)c1=O. The van der Waals surface area contributed by atoms with Crippen molar-refractivity contribution in [2.45, 2.75) is 19.9 Å². The molecule has 110 valence electrons. The molecule has 0 fully saturated rings. The Kier molecular flexibility index (Phi) is 5.92. The second-order valence-corrected chi connectivity index (χ2v) is 4.28. The summed E-state index contributed by atoms with van der Waals surface area (Å²) in [5, 5.41) is 11.5. The van der Waals surface area contributed by atoms with Gasteiger partial charge >= 0.3 is 5.97 Å². The molecule has 1 amide bonds. The van der Waals surface area contributed by atoms with E-state index in [0.717, 1.165) is 4.57 Å². The van der Waals surface area contributed by atoms with Crippen molar-refractivity contribution in [3.8, 4) is 0 Å². The van der Waals surface area contributed by atoms with E-state index in [1.165, 1.54) is 12.1 Å². The van der Waals surface area contributed by atoms with Crippen LogP contribution in [-0.2, 0) is 16.1 Å². The summed E-state index contributed by atoms with van der Waals surface area (Å²) < 4.78 is 6.00. The van der Waals surface area contributed by atoms with Crippen molar-refractivity contribution >= 4 is 11.9 Å². The fourth-order valence-corrected chi connectivity index (χ4v) is 1.67. The van der Waals surface area contributed by atoms with Gasteiger partial charge in [-0.15, -0.1) is 0 Å². The molecule has 0 atom stereocenters. The van der Waals surface area contributed by atoms with Crippen LogP contribution in [-0.4, -0.2) is 41.8 Å². The Morgan fingerprint density at radius 3 is 2.70 bits per heavy atom. The molecule has 0 aliphatic rings. The fraction of sp³-hybridized carbons (Fsp3) is 0.462. The molecule has 7 heteroatoms. The van der Waals surface area contributed by atoms with Crippen molar-refractivity contribution in [2.75, 3.05) is 20.3 Å². The van der Waals surface area contributed by atoms with E-state index in [1.54, 1.807) is 14.0 Å². The maximum absolute atomic E-state index is 11.9. The summed E-state index contributed by atoms with van der Waals surface area (Å²) in [6.45, 7) is 2.43. The molecule has 0 aliphatic heterocycles. The minimum atomic E-state index is -1.30. The average Bonchev–Trinajstić information content (AvgIpc) is 2.39. The van der Waals surface area contributed by atoms with E-state index < -0.39 is 11.5 Å². The van der Waals surface area contributed by atoms with Gasteiger partial charge in [-0.1, -0.05) is 0 Å². The Balaban J connectivity index is 2.77. The van der Waals surface area contributed by atoms with Gasteiger partial charge in [-0.3, -0.25) is 9.59 Å². The highest BCUT2D eigenvalue weighted by Gasteiger charge is 2.14. The van der Waals surface area contributed by atoms with E-state index in [0.29, 0.717) is 25.3 Å². The van der Waals surface area contributed by atoms with E-state index in [1.807, 2.05) is 0 Å². The standard InChI is InChI=1S/C13H18N2O5/c1-9-4-5-10(13(18)19)12(17)15(9)8-11(16)14-6-3-7-20-2/h4-5H,3,6-8H2,1-2H3,(H,14,16)(H,18,19). The summed E-state index contributed by atoms with van der Waals surface area (Å²) >= 11 is 0. The van der Waals surface area contributed by atoms with Gasteiger partial charge in [0.15, 0.2) is 0 Å². The third-order valence-corrected chi connectivity index (χ3v) is 2.77. The van der Waals surface area contributed by atoms with Crippen LogP contribution in [0.3, 0.4) is 0 Å². The molecule has 7 nitrogen and oxygen atoms in total. The zero-order valence-electron chi connectivity index (χ0n) is 11.5. The van der Waals surface area contributed by atoms with Gasteiger partial charge in [0.25, 0.3) is 5.56 Å². The molecule has 0 aromatic carbocycles. The molecule has 20 heavy (non-hydrogen) atoms. The van der Waals surface area contributed by atoms with Crippen LogP contribution in [0.15, 0.2) is 16.9 Å². The van der Waals surface area contributed by atoms with E-state index in [2.05, 4.69) is 5.32 Å². The number of aromatic carboxylic acids is 1. The topological polar surface area (TPSA) is 97.6 Å². The smallest absolute Gasteiger partial charge is 0.341 e. The number of hydrogen-bond donors (Lipinski definition) is 2. The number of carboxylic acids is 1. The highest BCUT2D eigenvalue weighted by atomic mass is 16.5. The number of carbonyl (C=O) groups excluding carboxylic acids is 1. The molecular formula is C13H18N2O5. The van der Waals surface area contributed by atoms with Crippen LogP contribution in [0.5, 0.6) is 0 Å². The van der Waals surface area contributed by atoms with Gasteiger partial charge in [-0.25, -0.2) is 4.79 Å². The summed E-state index contributed by atoms with van der Waals surface area (Å²) in [5.41, 5.74) is -0.487. The summed E-state index contributed by atoms with van der Waals surface area (Å²) in [7, 11) is 1.57. The van der Waals surface area contributed by atoms with Crippen LogP contribution in [0, 0.1) is 6.92 Å². The van der Waals surface area contributed by atoms with Crippen molar-refractivity contribution in [2.24, 2.45) is 0 Å². The number of rotatable bonds is 7. The Hall–Kier alpha value is -2.15. The minimum Gasteiger partial charge on any atom is -0.477 e. The highest BCUT2D eigenvalue weighted by Crippen LogP contribution is 1.99. The number of carbonyl (C=O) groups is 2. The lowest BCUT2D eigenvalue weighted by atomic mass is 10.2. The van der Waals surface area contributed by atoms with Crippen molar-refractivity contribution < 1.29 is 19.4 Å². The number of methoxy groups -OCH3 is 1. The van der Waals surface area contributed by atoms with Gasteiger partial charge in [0.1, 0.15) is 12.1 Å². The first-order valence-electron chi connectivity index (χ1n) is 6.16. The van der Waals surface area contributed by atoms with E-state index in [9.17, 15) is 14.4 Å². The zero-order chi connectivity index (χ0) is 15.1. The largest absolute Gasteiger partial charge is 0.477 e. The molecule has 1 aromatic heterocycles. The fourth-order valence-electron chi connectivity index (χ4n) is 1.67. The first-order chi connectivity index (χ1) is 9.47. The Morgan fingerprint density at radius 2 is 2.10 bits per heavy atom. The Morgan fingerprint density at radius 1 is 1.40 bits per heavy atom. The lowest BCUT2D eigenvalue weighted by molar-refractivity contribution is -0.121. The number of nitrogens with one attached hydrogen (secondary N) is 1. The van der Waals surface area contributed by atoms with Crippen LogP contribution in [0.4, 0.5) is 0 Å². The quantitative estimate of drug-likeness (QED) is 0.686. The molecule has 0 saturated carbocycles. The van der Waals surface area contributed by atoms with Crippen LogP contribution in [0.2, 0.25) is 0 Å². The first kappa shape index (κ1) is 15.9. The number of hydrogen-bond acceptors (Lipinski definition) is 4. The zero-order valence-corrected chi connectivity index (χ0v) is 11.5. The number of amides is 1. The lowest BCUT2D eigenvalue weighted by Crippen LogP contribution is -2.35. The maximum atomic E-state index is 11.9. The van der Waals surface area contributed by atoms with Crippen molar-refractivity contribution in [1.29, 1.82) is 0 Å². The average molecular weight is 282 g/mol. The second kappa shape index (κ2) is 7.44. The van der Waals surface area contributed by atoms with Crippen LogP contribution in [0.25, 0.3) is 0 Å². The number of aryl methyl sites for hydroxylation is 1. The van der Waals surface area contributed by atoms with Gasteiger partial charge in [-0.05, 0) is 25.5 Å². The van der Waals surface area contributed by atoms with E-state index >= 15 is 0 Å². The van der Waals surface area contributed by atoms with Crippen LogP contribution < -0.4 is 10.9 Å². The molecule has 1 heterocycles. The number of ether oxygens (including phenoxy) is 1. The minimum absolute atomic E-state index is 0.196. The molecule has 0 saturated heterocycles. The van der Waals surface area contributed by atoms with Gasteiger partial charge in [-0.2, -0.15) is 0 Å². The predicted octanol–water partition coefficient (Wildman–Crippen LogP) is 0.00762. The molecular weight excluding hydrogens is 264 g/mol. The number of aromatic nitrogens is 1.